The Labute approximate surface area is 124 Å². The maximum absolute atomic E-state index is 12.3. The molecule has 21 heavy (non-hydrogen) atoms. The lowest BCUT2D eigenvalue weighted by molar-refractivity contribution is -0.122. The van der Waals surface area contributed by atoms with Gasteiger partial charge in [-0.3, -0.25) is 4.79 Å². The van der Waals surface area contributed by atoms with Crippen molar-refractivity contribution in [1.82, 2.24) is 0 Å². The number of esters is 1. The molecule has 0 bridgehead atoms. The van der Waals surface area contributed by atoms with Crippen LogP contribution in [0.3, 0.4) is 0 Å². The SMILES string of the molecule is CCOC(=O)c1cccc(NC(=O)C2(N)CCCCC2)c1. The predicted octanol–water partition coefficient (Wildman–Crippen LogP) is 2.46. The normalized spacial score (nSPS) is 17.0. The van der Waals surface area contributed by atoms with Crippen LogP contribution in [0, 0.1) is 0 Å². The maximum atomic E-state index is 12.3. The van der Waals surface area contributed by atoms with E-state index >= 15 is 0 Å². The fraction of sp³-hybridized carbons (Fsp3) is 0.500. The molecule has 1 aliphatic rings. The van der Waals surface area contributed by atoms with Crippen molar-refractivity contribution < 1.29 is 14.3 Å². The smallest absolute Gasteiger partial charge is 0.338 e. The third-order valence-corrected chi connectivity index (χ3v) is 3.83. The molecule has 0 radical (unpaired) electrons. The second-order valence-corrected chi connectivity index (χ2v) is 5.47. The third kappa shape index (κ3) is 3.82. The molecular formula is C16H22N2O3. The van der Waals surface area contributed by atoms with Gasteiger partial charge in [0.15, 0.2) is 0 Å². The highest BCUT2D eigenvalue weighted by Crippen LogP contribution is 2.27. The van der Waals surface area contributed by atoms with E-state index in [1.54, 1.807) is 31.2 Å². The number of anilines is 1. The van der Waals surface area contributed by atoms with E-state index in [0.29, 0.717) is 30.7 Å². The fourth-order valence-corrected chi connectivity index (χ4v) is 2.60. The Bertz CT molecular complexity index is 522. The van der Waals surface area contributed by atoms with Crippen molar-refractivity contribution in [2.24, 2.45) is 5.73 Å². The quantitative estimate of drug-likeness (QED) is 0.835. The van der Waals surface area contributed by atoms with Crippen molar-refractivity contribution in [2.45, 2.75) is 44.6 Å². The standard InChI is InChI=1S/C16H22N2O3/c1-2-21-14(19)12-7-6-8-13(11-12)18-15(20)16(17)9-4-3-5-10-16/h6-8,11H,2-5,9-10,17H2,1H3,(H,18,20). The van der Waals surface area contributed by atoms with E-state index in [0.717, 1.165) is 19.3 Å². The summed E-state index contributed by atoms with van der Waals surface area (Å²) in [7, 11) is 0. The van der Waals surface area contributed by atoms with Gasteiger partial charge >= 0.3 is 5.97 Å². The summed E-state index contributed by atoms with van der Waals surface area (Å²) in [6.07, 6.45) is 4.50. The van der Waals surface area contributed by atoms with E-state index in [2.05, 4.69) is 5.32 Å². The number of carbonyl (C=O) groups is 2. The zero-order valence-corrected chi connectivity index (χ0v) is 12.4. The van der Waals surface area contributed by atoms with Crippen LogP contribution in [0.15, 0.2) is 24.3 Å². The molecule has 2 rings (SSSR count). The Morgan fingerprint density at radius 1 is 1.29 bits per heavy atom. The lowest BCUT2D eigenvalue weighted by Gasteiger charge is -2.31. The van der Waals surface area contributed by atoms with E-state index in [4.69, 9.17) is 10.5 Å². The van der Waals surface area contributed by atoms with Crippen LogP contribution in [0.25, 0.3) is 0 Å². The maximum Gasteiger partial charge on any atom is 0.338 e. The highest BCUT2D eigenvalue weighted by molar-refractivity contribution is 5.99. The van der Waals surface area contributed by atoms with Gasteiger partial charge in [-0.1, -0.05) is 25.3 Å². The minimum atomic E-state index is -0.793. The predicted molar refractivity (Wildman–Crippen MR) is 81.0 cm³/mol. The number of hydrogen-bond acceptors (Lipinski definition) is 4. The summed E-state index contributed by atoms with van der Waals surface area (Å²) in [6, 6.07) is 6.73. The Kier molecular flexibility index (Phi) is 4.96. The van der Waals surface area contributed by atoms with Gasteiger partial charge in [-0.25, -0.2) is 4.79 Å². The molecule has 1 fully saturated rings. The highest BCUT2D eigenvalue weighted by Gasteiger charge is 2.35. The Morgan fingerprint density at radius 2 is 2.00 bits per heavy atom. The molecule has 114 valence electrons. The molecule has 0 aromatic heterocycles. The van der Waals surface area contributed by atoms with E-state index in [-0.39, 0.29) is 5.91 Å². The monoisotopic (exact) mass is 290 g/mol. The van der Waals surface area contributed by atoms with Crippen molar-refractivity contribution in [3.05, 3.63) is 29.8 Å². The van der Waals surface area contributed by atoms with Crippen LogP contribution in [-0.4, -0.2) is 24.0 Å². The zero-order chi connectivity index (χ0) is 15.3. The van der Waals surface area contributed by atoms with Crippen LogP contribution in [0.1, 0.15) is 49.4 Å². The van der Waals surface area contributed by atoms with Crippen molar-refractivity contribution in [3.63, 3.8) is 0 Å². The first-order chi connectivity index (χ1) is 10.0. The molecule has 0 aliphatic heterocycles. The Balaban J connectivity index is 2.07. The van der Waals surface area contributed by atoms with Gasteiger partial charge < -0.3 is 15.8 Å². The molecule has 0 heterocycles. The van der Waals surface area contributed by atoms with E-state index in [9.17, 15) is 9.59 Å². The largest absolute Gasteiger partial charge is 0.462 e. The summed E-state index contributed by atoms with van der Waals surface area (Å²) in [5, 5.41) is 2.82. The van der Waals surface area contributed by atoms with Crippen LogP contribution in [0.4, 0.5) is 5.69 Å². The zero-order valence-electron chi connectivity index (χ0n) is 12.4. The molecular weight excluding hydrogens is 268 g/mol. The molecule has 0 unspecified atom stereocenters. The first kappa shape index (κ1) is 15.5. The number of nitrogens with one attached hydrogen (secondary N) is 1. The average Bonchev–Trinajstić information content (AvgIpc) is 2.48. The Morgan fingerprint density at radius 3 is 2.67 bits per heavy atom. The van der Waals surface area contributed by atoms with Crippen LogP contribution >= 0.6 is 0 Å². The van der Waals surface area contributed by atoms with Crippen molar-refractivity contribution in [2.75, 3.05) is 11.9 Å². The number of nitrogens with two attached hydrogens (primary N) is 1. The minimum Gasteiger partial charge on any atom is -0.462 e. The van der Waals surface area contributed by atoms with Crippen LogP contribution in [-0.2, 0) is 9.53 Å². The second kappa shape index (κ2) is 6.72. The van der Waals surface area contributed by atoms with Gasteiger partial charge in [0.1, 0.15) is 0 Å². The number of benzene rings is 1. The summed E-state index contributed by atoms with van der Waals surface area (Å²) < 4.78 is 4.95. The van der Waals surface area contributed by atoms with Gasteiger partial charge in [0.25, 0.3) is 0 Å². The van der Waals surface area contributed by atoms with Crippen molar-refractivity contribution >= 4 is 17.6 Å². The lowest BCUT2D eigenvalue weighted by Crippen LogP contribution is -2.52. The molecule has 3 N–H and O–H groups in total. The second-order valence-electron chi connectivity index (χ2n) is 5.47. The molecule has 1 aliphatic carbocycles. The molecule has 1 aromatic rings. The Hall–Kier alpha value is -1.88. The summed E-state index contributed by atoms with van der Waals surface area (Å²) in [5.74, 6) is -0.572. The van der Waals surface area contributed by atoms with Crippen molar-refractivity contribution in [1.29, 1.82) is 0 Å². The topological polar surface area (TPSA) is 81.4 Å². The highest BCUT2D eigenvalue weighted by atomic mass is 16.5. The van der Waals surface area contributed by atoms with Crippen molar-refractivity contribution in [3.8, 4) is 0 Å². The third-order valence-electron chi connectivity index (χ3n) is 3.83. The minimum absolute atomic E-state index is 0.178. The van der Waals surface area contributed by atoms with E-state index < -0.39 is 11.5 Å². The summed E-state index contributed by atoms with van der Waals surface area (Å²) >= 11 is 0. The lowest BCUT2D eigenvalue weighted by atomic mass is 9.82. The molecule has 0 atom stereocenters. The number of hydrogen-bond donors (Lipinski definition) is 2. The molecule has 1 saturated carbocycles. The summed E-state index contributed by atoms with van der Waals surface area (Å²) in [6.45, 7) is 2.08. The number of rotatable bonds is 4. The van der Waals surface area contributed by atoms with Gasteiger partial charge in [-0.05, 0) is 38.0 Å². The van der Waals surface area contributed by atoms with Gasteiger partial charge in [-0.15, -0.1) is 0 Å². The van der Waals surface area contributed by atoms with E-state index in [1.807, 2.05) is 0 Å². The van der Waals surface area contributed by atoms with E-state index in [1.165, 1.54) is 0 Å². The molecule has 5 heteroatoms. The van der Waals surface area contributed by atoms with Crippen LogP contribution < -0.4 is 11.1 Å². The number of amides is 1. The number of ether oxygens (including phenoxy) is 1. The summed E-state index contributed by atoms with van der Waals surface area (Å²) in [4.78, 5) is 24.0. The average molecular weight is 290 g/mol. The first-order valence-electron chi connectivity index (χ1n) is 7.43. The van der Waals surface area contributed by atoms with Crippen LogP contribution in [0.2, 0.25) is 0 Å². The van der Waals surface area contributed by atoms with Gasteiger partial charge in [0, 0.05) is 5.69 Å². The summed E-state index contributed by atoms with van der Waals surface area (Å²) in [5.41, 5.74) is 6.39. The molecule has 0 saturated heterocycles. The fourth-order valence-electron chi connectivity index (χ4n) is 2.60. The molecule has 1 aromatic carbocycles. The van der Waals surface area contributed by atoms with Gasteiger partial charge in [0.2, 0.25) is 5.91 Å². The van der Waals surface area contributed by atoms with Crippen LogP contribution in [0.5, 0.6) is 0 Å². The van der Waals surface area contributed by atoms with Gasteiger partial charge in [-0.2, -0.15) is 0 Å². The first-order valence-corrected chi connectivity index (χ1v) is 7.43. The van der Waals surface area contributed by atoms with Gasteiger partial charge in [0.05, 0.1) is 17.7 Å². The molecule has 0 spiro atoms. The molecule has 5 nitrogen and oxygen atoms in total. The molecule has 1 amide bonds. The number of carbonyl (C=O) groups excluding carboxylic acids is 2.